The fraction of sp³-hybridized carbons (Fsp3) is 0.429. The van der Waals surface area contributed by atoms with Crippen LogP contribution in [0.5, 0.6) is 5.75 Å². The highest BCUT2D eigenvalue weighted by Gasteiger charge is 2.36. The largest absolute Gasteiger partial charge is 0.495 e. The lowest BCUT2D eigenvalue weighted by molar-refractivity contribution is -0.147. The maximum Gasteiger partial charge on any atom is 0.329 e. The van der Waals surface area contributed by atoms with Gasteiger partial charge in [0.1, 0.15) is 11.3 Å². The molecular formula is C14H19BrN2O4. The second-order valence-corrected chi connectivity index (χ2v) is 5.74. The van der Waals surface area contributed by atoms with Gasteiger partial charge >= 0.3 is 12.0 Å². The van der Waals surface area contributed by atoms with Gasteiger partial charge in [0.2, 0.25) is 0 Å². The van der Waals surface area contributed by atoms with Crippen molar-refractivity contribution in [3.63, 3.8) is 0 Å². The van der Waals surface area contributed by atoms with Crippen LogP contribution in [0.15, 0.2) is 22.7 Å². The molecule has 0 spiro atoms. The highest BCUT2D eigenvalue weighted by molar-refractivity contribution is 9.10. The first-order chi connectivity index (χ1) is 9.73. The number of urea groups is 1. The zero-order valence-corrected chi connectivity index (χ0v) is 14.0. The highest BCUT2D eigenvalue weighted by atomic mass is 79.9. The maximum atomic E-state index is 12.3. The third kappa shape index (κ3) is 3.87. The van der Waals surface area contributed by atoms with Crippen molar-refractivity contribution < 1.29 is 19.4 Å². The van der Waals surface area contributed by atoms with E-state index in [2.05, 4.69) is 21.2 Å². The molecule has 0 heterocycles. The molecular weight excluding hydrogens is 340 g/mol. The summed E-state index contributed by atoms with van der Waals surface area (Å²) >= 11 is 3.32. The van der Waals surface area contributed by atoms with Crippen molar-refractivity contribution in [1.82, 2.24) is 4.90 Å². The smallest absolute Gasteiger partial charge is 0.329 e. The van der Waals surface area contributed by atoms with Crippen molar-refractivity contribution in [3.05, 3.63) is 22.7 Å². The first-order valence-electron chi connectivity index (χ1n) is 6.39. The molecule has 1 rings (SSSR count). The Morgan fingerprint density at radius 3 is 2.52 bits per heavy atom. The number of halogens is 1. The third-order valence-corrected chi connectivity index (χ3v) is 3.82. The lowest BCUT2D eigenvalue weighted by Crippen LogP contribution is -2.54. The van der Waals surface area contributed by atoms with Crippen molar-refractivity contribution in [1.29, 1.82) is 0 Å². The van der Waals surface area contributed by atoms with Crippen LogP contribution in [0.3, 0.4) is 0 Å². The van der Waals surface area contributed by atoms with Gasteiger partial charge in [-0.05, 0) is 48.8 Å². The number of methoxy groups -OCH3 is 1. The summed E-state index contributed by atoms with van der Waals surface area (Å²) in [6.07, 6.45) is 0. The summed E-state index contributed by atoms with van der Waals surface area (Å²) in [6, 6.07) is 4.62. The summed E-state index contributed by atoms with van der Waals surface area (Å²) < 4.78 is 5.92. The molecule has 0 saturated heterocycles. The van der Waals surface area contributed by atoms with Gasteiger partial charge in [-0.3, -0.25) is 0 Å². The number of ether oxygens (including phenoxy) is 1. The first-order valence-corrected chi connectivity index (χ1v) is 7.18. The molecule has 1 aromatic rings. The van der Waals surface area contributed by atoms with E-state index >= 15 is 0 Å². The van der Waals surface area contributed by atoms with E-state index in [9.17, 15) is 14.7 Å². The Hall–Kier alpha value is -1.76. The molecule has 0 bridgehead atoms. The molecule has 2 amide bonds. The molecule has 0 unspecified atom stereocenters. The lowest BCUT2D eigenvalue weighted by atomic mass is 10.0. The summed E-state index contributed by atoms with van der Waals surface area (Å²) in [4.78, 5) is 24.8. The average Bonchev–Trinajstić information content (AvgIpc) is 2.41. The number of carbonyl (C=O) groups excluding carboxylic acids is 1. The Balaban J connectivity index is 2.96. The summed E-state index contributed by atoms with van der Waals surface area (Å²) in [5.74, 6) is -0.485. The molecule has 6 nitrogen and oxygen atoms in total. The minimum Gasteiger partial charge on any atom is -0.495 e. The molecule has 2 N–H and O–H groups in total. The Morgan fingerprint density at radius 1 is 1.43 bits per heavy atom. The van der Waals surface area contributed by atoms with Gasteiger partial charge in [-0.25, -0.2) is 9.59 Å². The minimum atomic E-state index is -1.29. The normalized spacial score (nSPS) is 10.9. The summed E-state index contributed by atoms with van der Waals surface area (Å²) in [7, 11) is 1.53. The molecule has 0 aliphatic heterocycles. The monoisotopic (exact) mass is 358 g/mol. The van der Waals surface area contributed by atoms with Crippen LogP contribution >= 0.6 is 15.9 Å². The number of aliphatic carboxylic acids is 1. The molecule has 0 fully saturated rings. The molecule has 0 aromatic heterocycles. The zero-order chi connectivity index (χ0) is 16.2. The number of rotatable bonds is 5. The van der Waals surface area contributed by atoms with E-state index in [-0.39, 0.29) is 6.54 Å². The van der Waals surface area contributed by atoms with Gasteiger partial charge in [0, 0.05) is 18.3 Å². The van der Waals surface area contributed by atoms with Crippen molar-refractivity contribution in [2.75, 3.05) is 19.0 Å². The predicted molar refractivity (Wildman–Crippen MR) is 83.8 cm³/mol. The number of likely N-dealkylation sites (N-methyl/N-ethyl adjacent to an activating group) is 1. The number of carboxylic acid groups (broad SMARTS) is 1. The van der Waals surface area contributed by atoms with Gasteiger partial charge in [0.05, 0.1) is 11.6 Å². The number of carbonyl (C=O) groups is 2. The van der Waals surface area contributed by atoms with E-state index in [0.717, 1.165) is 4.47 Å². The number of carboxylic acids is 1. The van der Waals surface area contributed by atoms with Gasteiger partial charge < -0.3 is 20.1 Å². The van der Waals surface area contributed by atoms with Crippen LogP contribution in [-0.4, -0.2) is 41.2 Å². The topological polar surface area (TPSA) is 78.9 Å². The minimum absolute atomic E-state index is 0.277. The van der Waals surface area contributed by atoms with Crippen molar-refractivity contribution in [2.45, 2.75) is 26.3 Å². The predicted octanol–water partition coefficient (Wildman–Crippen LogP) is 3.17. The van der Waals surface area contributed by atoms with Crippen LogP contribution in [0.25, 0.3) is 0 Å². The van der Waals surface area contributed by atoms with E-state index in [1.165, 1.54) is 25.9 Å². The number of hydrogen-bond donors (Lipinski definition) is 2. The fourth-order valence-corrected chi connectivity index (χ4v) is 2.25. The summed E-state index contributed by atoms with van der Waals surface area (Å²) in [5.41, 5.74) is -0.766. The van der Waals surface area contributed by atoms with Crippen LogP contribution < -0.4 is 10.1 Å². The van der Waals surface area contributed by atoms with Crippen molar-refractivity contribution >= 4 is 33.6 Å². The Bertz CT molecular complexity index is 546. The van der Waals surface area contributed by atoms with Crippen LogP contribution in [0.1, 0.15) is 20.8 Å². The second-order valence-electron chi connectivity index (χ2n) is 4.89. The Kier molecular flexibility index (Phi) is 5.60. The Morgan fingerprint density at radius 2 is 2.05 bits per heavy atom. The lowest BCUT2D eigenvalue weighted by Gasteiger charge is -2.34. The van der Waals surface area contributed by atoms with E-state index in [1.807, 2.05) is 0 Å². The quantitative estimate of drug-likeness (QED) is 0.846. The van der Waals surface area contributed by atoms with Crippen LogP contribution in [-0.2, 0) is 4.79 Å². The molecule has 0 aliphatic rings. The van der Waals surface area contributed by atoms with Crippen LogP contribution in [0, 0.1) is 0 Å². The molecule has 7 heteroatoms. The number of hydrogen-bond acceptors (Lipinski definition) is 3. The van der Waals surface area contributed by atoms with Crippen molar-refractivity contribution in [3.8, 4) is 5.75 Å². The van der Waals surface area contributed by atoms with E-state index in [0.29, 0.717) is 11.4 Å². The highest BCUT2D eigenvalue weighted by Crippen LogP contribution is 2.28. The molecule has 0 radical (unpaired) electrons. The van der Waals surface area contributed by atoms with Gasteiger partial charge in [-0.1, -0.05) is 0 Å². The number of nitrogens with one attached hydrogen (secondary N) is 1. The van der Waals surface area contributed by atoms with Crippen LogP contribution in [0.2, 0.25) is 0 Å². The molecule has 116 valence electrons. The summed E-state index contributed by atoms with van der Waals surface area (Å²) in [6.45, 7) is 4.98. The van der Waals surface area contributed by atoms with Gasteiger partial charge in [0.15, 0.2) is 0 Å². The molecule has 0 aliphatic carbocycles. The van der Waals surface area contributed by atoms with E-state index in [1.54, 1.807) is 25.1 Å². The average molecular weight is 359 g/mol. The van der Waals surface area contributed by atoms with E-state index in [4.69, 9.17) is 4.74 Å². The SMILES string of the molecule is CCN(C(=O)Nc1ccc(Br)c(OC)c1)C(C)(C)C(=O)O. The number of anilines is 1. The third-order valence-electron chi connectivity index (χ3n) is 3.16. The molecule has 1 aromatic carbocycles. The first kappa shape index (κ1) is 17.3. The molecule has 0 saturated carbocycles. The van der Waals surface area contributed by atoms with E-state index < -0.39 is 17.5 Å². The fourth-order valence-electron chi connectivity index (χ4n) is 1.84. The van der Waals surface area contributed by atoms with Gasteiger partial charge in [-0.2, -0.15) is 0 Å². The molecule has 21 heavy (non-hydrogen) atoms. The van der Waals surface area contributed by atoms with Crippen LogP contribution in [0.4, 0.5) is 10.5 Å². The summed E-state index contributed by atoms with van der Waals surface area (Å²) in [5, 5.41) is 11.9. The van der Waals surface area contributed by atoms with Gasteiger partial charge in [0.25, 0.3) is 0 Å². The Labute approximate surface area is 132 Å². The zero-order valence-electron chi connectivity index (χ0n) is 12.4. The number of nitrogens with zero attached hydrogens (tertiary/aromatic N) is 1. The standard InChI is InChI=1S/C14H19BrN2O4/c1-5-17(14(2,3)12(18)19)13(20)16-9-6-7-10(15)11(8-9)21-4/h6-8H,5H2,1-4H3,(H,16,20)(H,18,19). The maximum absolute atomic E-state index is 12.3. The number of benzene rings is 1. The van der Waals surface area contributed by atoms with Gasteiger partial charge in [-0.15, -0.1) is 0 Å². The molecule has 0 atom stereocenters. The number of amides is 2. The second kappa shape index (κ2) is 6.80. The van der Waals surface area contributed by atoms with Crippen molar-refractivity contribution in [2.24, 2.45) is 0 Å².